The molecule has 4 heteroatoms. The van der Waals surface area contributed by atoms with Crippen LogP contribution in [0.5, 0.6) is 0 Å². The van der Waals surface area contributed by atoms with Gasteiger partial charge in [0.15, 0.2) is 0 Å². The average Bonchev–Trinajstić information content (AvgIpc) is 2.05. The Bertz CT molecular complexity index is 253. The average molecular weight is 182 g/mol. The topological polar surface area (TPSA) is 75.3 Å². The summed E-state index contributed by atoms with van der Waals surface area (Å²) >= 11 is 0. The molecule has 1 amide bonds. The van der Waals surface area contributed by atoms with Gasteiger partial charge in [0.05, 0.1) is 0 Å². The molecule has 0 radical (unpaired) electrons. The van der Waals surface area contributed by atoms with Crippen LogP contribution in [0.3, 0.4) is 0 Å². The molecule has 0 aliphatic carbocycles. The zero-order chi connectivity index (χ0) is 10.3. The van der Waals surface area contributed by atoms with E-state index in [9.17, 15) is 0 Å². The van der Waals surface area contributed by atoms with E-state index in [0.29, 0.717) is 0 Å². The van der Waals surface area contributed by atoms with Crippen molar-refractivity contribution in [1.82, 2.24) is 0 Å². The van der Waals surface area contributed by atoms with Gasteiger partial charge < -0.3 is 16.2 Å². The number of carbonyl (C=O) groups is 1. The lowest BCUT2D eigenvalue weighted by atomic mass is 10.2. The van der Waals surface area contributed by atoms with E-state index in [0.717, 1.165) is 0 Å². The molecule has 0 saturated heterocycles. The van der Waals surface area contributed by atoms with Crippen molar-refractivity contribution in [3.63, 3.8) is 0 Å². The number of rotatable bonds is 1. The van der Waals surface area contributed by atoms with Crippen molar-refractivity contribution in [2.45, 2.75) is 6.92 Å². The Kier molecular flexibility index (Phi) is 5.11. The third-order valence-corrected chi connectivity index (χ3v) is 1.34. The first kappa shape index (κ1) is 11.3. The van der Waals surface area contributed by atoms with Crippen molar-refractivity contribution in [1.29, 1.82) is 0 Å². The van der Waals surface area contributed by atoms with Crippen molar-refractivity contribution >= 4 is 11.8 Å². The van der Waals surface area contributed by atoms with Gasteiger partial charge in [-0.1, -0.05) is 17.7 Å². The van der Waals surface area contributed by atoms with Gasteiger partial charge in [-0.15, -0.1) is 0 Å². The first-order valence-corrected chi connectivity index (χ1v) is 3.79. The molecule has 4 N–H and O–H groups in total. The summed E-state index contributed by atoms with van der Waals surface area (Å²) in [4.78, 5) is 8.78. The van der Waals surface area contributed by atoms with Gasteiger partial charge in [0.1, 0.15) is 0 Å². The zero-order valence-corrected chi connectivity index (χ0v) is 7.74. The smallest absolute Gasteiger partial charge is 0.402 e. The molecule has 1 aromatic rings. The maximum Gasteiger partial charge on any atom is 0.402 e. The lowest BCUT2D eigenvalue weighted by Gasteiger charge is -1.97. The third kappa shape index (κ3) is 6.68. The minimum absolute atomic E-state index is 1.17. The summed E-state index contributed by atoms with van der Waals surface area (Å²) in [7, 11) is 1.92. The summed E-state index contributed by atoms with van der Waals surface area (Å²) < 4.78 is 0. The SMILES string of the molecule is CNc1ccc(C)cc1.NC(=O)O. The number of hydrogen-bond donors (Lipinski definition) is 3. The summed E-state index contributed by atoms with van der Waals surface area (Å²) in [5, 5.41) is 10.2. The largest absolute Gasteiger partial charge is 0.465 e. The molecule has 13 heavy (non-hydrogen) atoms. The lowest BCUT2D eigenvalue weighted by molar-refractivity contribution is 0.205. The molecule has 1 aromatic carbocycles. The molecule has 0 aromatic heterocycles. The Hall–Kier alpha value is -1.71. The Morgan fingerprint density at radius 3 is 2.08 bits per heavy atom. The summed E-state index contributed by atoms with van der Waals surface area (Å²) in [5.41, 5.74) is 6.50. The number of nitrogens with two attached hydrogens (primary N) is 1. The molecule has 0 fully saturated rings. The van der Waals surface area contributed by atoms with Crippen LogP contribution < -0.4 is 11.1 Å². The fourth-order valence-corrected chi connectivity index (χ4v) is 0.720. The molecule has 0 spiro atoms. The molecule has 4 nitrogen and oxygen atoms in total. The van der Waals surface area contributed by atoms with Crippen LogP contribution in [-0.4, -0.2) is 18.2 Å². The van der Waals surface area contributed by atoms with Crippen LogP contribution in [-0.2, 0) is 0 Å². The van der Waals surface area contributed by atoms with Gasteiger partial charge in [-0.25, -0.2) is 4.79 Å². The van der Waals surface area contributed by atoms with Gasteiger partial charge in [-0.2, -0.15) is 0 Å². The van der Waals surface area contributed by atoms with Crippen LogP contribution in [0.2, 0.25) is 0 Å². The predicted molar refractivity (Wildman–Crippen MR) is 52.9 cm³/mol. The standard InChI is InChI=1S/C8H11N.CH3NO2/c1-7-3-5-8(9-2)6-4-7;2-1(3)4/h3-6,9H,1-2H3;2H2,(H,3,4). The maximum absolute atomic E-state index is 8.78. The number of carboxylic acid groups (broad SMARTS) is 1. The van der Waals surface area contributed by atoms with Gasteiger partial charge in [-0.3, -0.25) is 0 Å². The molecule has 0 bridgehead atoms. The van der Waals surface area contributed by atoms with Gasteiger partial charge in [0, 0.05) is 12.7 Å². The van der Waals surface area contributed by atoms with E-state index in [2.05, 4.69) is 42.2 Å². The minimum Gasteiger partial charge on any atom is -0.465 e. The van der Waals surface area contributed by atoms with E-state index in [4.69, 9.17) is 9.90 Å². The van der Waals surface area contributed by atoms with Crippen LogP contribution >= 0.6 is 0 Å². The van der Waals surface area contributed by atoms with Crippen molar-refractivity contribution in [2.75, 3.05) is 12.4 Å². The molecule has 72 valence electrons. The summed E-state index contributed by atoms with van der Waals surface area (Å²) in [5.74, 6) is 0. The summed E-state index contributed by atoms with van der Waals surface area (Å²) in [6, 6.07) is 8.31. The predicted octanol–water partition coefficient (Wildman–Crippen LogP) is 1.66. The Labute approximate surface area is 77.4 Å². The van der Waals surface area contributed by atoms with E-state index in [-0.39, 0.29) is 0 Å². The zero-order valence-electron chi connectivity index (χ0n) is 7.74. The van der Waals surface area contributed by atoms with Crippen LogP contribution in [0.4, 0.5) is 10.5 Å². The van der Waals surface area contributed by atoms with Gasteiger partial charge in [0.2, 0.25) is 0 Å². The first-order valence-electron chi connectivity index (χ1n) is 3.79. The number of aryl methyl sites for hydroxylation is 1. The molecule has 0 unspecified atom stereocenters. The first-order chi connectivity index (χ1) is 6.06. The second-order valence-electron chi connectivity index (χ2n) is 2.45. The molecule has 0 heterocycles. The Morgan fingerprint density at radius 1 is 1.38 bits per heavy atom. The molecule has 0 aliphatic heterocycles. The molecule has 0 saturated carbocycles. The van der Waals surface area contributed by atoms with Gasteiger partial charge >= 0.3 is 6.09 Å². The fraction of sp³-hybridized carbons (Fsp3) is 0.222. The lowest BCUT2D eigenvalue weighted by Crippen LogP contribution is -2.03. The highest BCUT2D eigenvalue weighted by atomic mass is 16.4. The number of amides is 1. The fourth-order valence-electron chi connectivity index (χ4n) is 0.720. The van der Waals surface area contributed by atoms with E-state index in [1.165, 1.54) is 11.3 Å². The van der Waals surface area contributed by atoms with E-state index >= 15 is 0 Å². The maximum atomic E-state index is 8.78. The van der Waals surface area contributed by atoms with Crippen molar-refractivity contribution < 1.29 is 9.90 Å². The monoisotopic (exact) mass is 182 g/mol. The highest BCUT2D eigenvalue weighted by molar-refractivity contribution is 5.61. The number of hydrogen-bond acceptors (Lipinski definition) is 2. The molecule has 0 aliphatic rings. The van der Waals surface area contributed by atoms with E-state index in [1.54, 1.807) is 0 Å². The normalized spacial score (nSPS) is 8.15. The van der Waals surface area contributed by atoms with E-state index < -0.39 is 6.09 Å². The van der Waals surface area contributed by atoms with Crippen molar-refractivity contribution in [3.8, 4) is 0 Å². The number of nitrogens with one attached hydrogen (secondary N) is 1. The van der Waals surface area contributed by atoms with E-state index in [1.807, 2.05) is 7.05 Å². The molecular weight excluding hydrogens is 168 g/mol. The molecule has 1 rings (SSSR count). The Balaban J connectivity index is 0.000000310. The van der Waals surface area contributed by atoms with Gasteiger partial charge in [0.25, 0.3) is 0 Å². The van der Waals surface area contributed by atoms with Crippen LogP contribution in [0.25, 0.3) is 0 Å². The van der Waals surface area contributed by atoms with Crippen molar-refractivity contribution in [3.05, 3.63) is 29.8 Å². The summed E-state index contributed by atoms with van der Waals surface area (Å²) in [6.07, 6.45) is -1.33. The van der Waals surface area contributed by atoms with Crippen LogP contribution in [0, 0.1) is 6.92 Å². The second-order valence-corrected chi connectivity index (χ2v) is 2.45. The van der Waals surface area contributed by atoms with Crippen molar-refractivity contribution in [2.24, 2.45) is 5.73 Å². The number of anilines is 1. The summed E-state index contributed by atoms with van der Waals surface area (Å²) in [6.45, 7) is 2.08. The quantitative estimate of drug-likeness (QED) is 0.618. The highest BCUT2D eigenvalue weighted by Crippen LogP contribution is 2.06. The molecular formula is C9H14N2O2. The van der Waals surface area contributed by atoms with Gasteiger partial charge in [-0.05, 0) is 19.1 Å². The third-order valence-electron chi connectivity index (χ3n) is 1.34. The molecule has 0 atom stereocenters. The number of primary amides is 1. The van der Waals surface area contributed by atoms with Crippen LogP contribution in [0.1, 0.15) is 5.56 Å². The highest BCUT2D eigenvalue weighted by Gasteiger charge is 1.83. The van der Waals surface area contributed by atoms with Crippen LogP contribution in [0.15, 0.2) is 24.3 Å². The minimum atomic E-state index is -1.33. The second kappa shape index (κ2) is 5.88. The Morgan fingerprint density at radius 2 is 1.77 bits per heavy atom. The number of benzene rings is 1.